The number of anilines is 1. The second-order valence-corrected chi connectivity index (χ2v) is 5.15. The molecule has 1 atom stereocenters. The molecule has 3 heteroatoms. The first-order chi connectivity index (χ1) is 8.56. The molecule has 1 aromatic rings. The smallest absolute Gasteiger partial charge is 0.0412 e. The topological polar surface area (TPSA) is 18.5 Å². The Morgan fingerprint density at radius 3 is 2.39 bits per heavy atom. The molecule has 0 fully saturated rings. The lowest BCUT2D eigenvalue weighted by Gasteiger charge is -2.25. The maximum atomic E-state index is 3.32. The molecule has 0 saturated heterocycles. The van der Waals surface area contributed by atoms with Gasteiger partial charge < -0.3 is 15.1 Å². The number of rotatable bonds is 7. The summed E-state index contributed by atoms with van der Waals surface area (Å²) in [7, 11) is 8.43. The van der Waals surface area contributed by atoms with Crippen molar-refractivity contribution in [3.05, 3.63) is 29.8 Å². The van der Waals surface area contributed by atoms with Crippen LogP contribution < -0.4 is 10.2 Å². The van der Waals surface area contributed by atoms with Gasteiger partial charge >= 0.3 is 0 Å². The summed E-state index contributed by atoms with van der Waals surface area (Å²) in [5.41, 5.74) is 2.70. The van der Waals surface area contributed by atoms with E-state index >= 15 is 0 Å². The Kier molecular flexibility index (Phi) is 6.16. The van der Waals surface area contributed by atoms with E-state index in [1.165, 1.54) is 17.7 Å². The van der Waals surface area contributed by atoms with E-state index in [9.17, 15) is 0 Å². The highest BCUT2D eigenvalue weighted by Gasteiger charge is 2.11. The maximum absolute atomic E-state index is 3.32. The Morgan fingerprint density at radius 1 is 1.11 bits per heavy atom. The van der Waals surface area contributed by atoms with Crippen molar-refractivity contribution in [2.45, 2.75) is 19.4 Å². The monoisotopic (exact) mass is 249 g/mol. The van der Waals surface area contributed by atoms with Crippen LogP contribution in [0.2, 0.25) is 0 Å². The molecule has 0 radical (unpaired) electrons. The quantitative estimate of drug-likeness (QED) is 0.800. The number of hydrogen-bond acceptors (Lipinski definition) is 3. The van der Waals surface area contributed by atoms with Crippen molar-refractivity contribution in [3.8, 4) is 0 Å². The minimum absolute atomic E-state index is 0.387. The van der Waals surface area contributed by atoms with Gasteiger partial charge in [-0.05, 0) is 52.7 Å². The fourth-order valence-electron chi connectivity index (χ4n) is 2.10. The summed E-state index contributed by atoms with van der Waals surface area (Å²) in [6.45, 7) is 4.42. The molecule has 0 aliphatic carbocycles. The molecule has 0 aliphatic heterocycles. The SMILES string of the molecule is CNC(C)c1ccccc1N(C)CCCN(C)C. The molecule has 1 N–H and O–H groups in total. The molecule has 1 rings (SSSR count). The van der Waals surface area contributed by atoms with Gasteiger partial charge in [0.15, 0.2) is 0 Å². The molecule has 18 heavy (non-hydrogen) atoms. The van der Waals surface area contributed by atoms with E-state index in [1.807, 2.05) is 7.05 Å². The van der Waals surface area contributed by atoms with Crippen LogP contribution in [0.25, 0.3) is 0 Å². The number of para-hydroxylation sites is 1. The van der Waals surface area contributed by atoms with E-state index in [2.05, 4.69) is 67.4 Å². The summed E-state index contributed by atoms with van der Waals surface area (Å²) in [4.78, 5) is 4.59. The Bertz CT molecular complexity index is 349. The molecular formula is C15H27N3. The molecular weight excluding hydrogens is 222 g/mol. The average Bonchev–Trinajstić information content (AvgIpc) is 2.37. The summed E-state index contributed by atoms with van der Waals surface area (Å²) in [5, 5.41) is 3.32. The largest absolute Gasteiger partial charge is 0.374 e. The second kappa shape index (κ2) is 7.39. The van der Waals surface area contributed by atoms with Gasteiger partial charge in [-0.3, -0.25) is 0 Å². The lowest BCUT2D eigenvalue weighted by Crippen LogP contribution is -2.25. The normalized spacial score (nSPS) is 12.8. The highest BCUT2D eigenvalue weighted by Crippen LogP contribution is 2.25. The summed E-state index contributed by atoms with van der Waals surface area (Å²) in [5.74, 6) is 0. The van der Waals surface area contributed by atoms with Gasteiger partial charge in [0.2, 0.25) is 0 Å². The lowest BCUT2D eigenvalue weighted by molar-refractivity contribution is 0.401. The number of nitrogens with one attached hydrogen (secondary N) is 1. The zero-order valence-corrected chi connectivity index (χ0v) is 12.4. The van der Waals surface area contributed by atoms with Gasteiger partial charge in [0.05, 0.1) is 0 Å². The van der Waals surface area contributed by atoms with Crippen LogP contribution in [0.15, 0.2) is 24.3 Å². The number of nitrogens with zero attached hydrogens (tertiary/aromatic N) is 2. The first-order valence-corrected chi connectivity index (χ1v) is 6.68. The molecule has 0 bridgehead atoms. The Hall–Kier alpha value is -1.06. The van der Waals surface area contributed by atoms with Gasteiger partial charge in [-0.15, -0.1) is 0 Å². The number of hydrogen-bond donors (Lipinski definition) is 1. The Balaban J connectivity index is 2.69. The maximum Gasteiger partial charge on any atom is 0.0412 e. The lowest BCUT2D eigenvalue weighted by atomic mass is 10.1. The third-order valence-corrected chi connectivity index (χ3v) is 3.35. The van der Waals surface area contributed by atoms with Crippen molar-refractivity contribution in [1.82, 2.24) is 10.2 Å². The van der Waals surface area contributed by atoms with E-state index in [1.54, 1.807) is 0 Å². The molecule has 1 unspecified atom stereocenters. The third kappa shape index (κ3) is 4.31. The van der Waals surface area contributed by atoms with Gasteiger partial charge in [-0.2, -0.15) is 0 Å². The summed E-state index contributed by atoms with van der Waals surface area (Å²) >= 11 is 0. The molecule has 102 valence electrons. The van der Waals surface area contributed by atoms with Crippen LogP contribution in [0.4, 0.5) is 5.69 Å². The van der Waals surface area contributed by atoms with Crippen LogP contribution in [-0.4, -0.2) is 46.2 Å². The molecule has 3 nitrogen and oxygen atoms in total. The highest BCUT2D eigenvalue weighted by molar-refractivity contribution is 5.54. The van der Waals surface area contributed by atoms with E-state index in [-0.39, 0.29) is 0 Å². The molecule has 0 spiro atoms. The highest BCUT2D eigenvalue weighted by atomic mass is 15.1. The molecule has 0 saturated carbocycles. The van der Waals surface area contributed by atoms with E-state index in [0.29, 0.717) is 6.04 Å². The van der Waals surface area contributed by atoms with Crippen LogP contribution in [0.3, 0.4) is 0 Å². The predicted octanol–water partition coefficient (Wildman–Crippen LogP) is 2.35. The van der Waals surface area contributed by atoms with Crippen molar-refractivity contribution in [2.24, 2.45) is 0 Å². The standard InChI is InChI=1S/C15H27N3/c1-13(16-2)14-9-6-7-10-15(14)18(5)12-8-11-17(3)4/h6-7,9-10,13,16H,8,11-12H2,1-5H3. The van der Waals surface area contributed by atoms with Crippen LogP contribution in [0, 0.1) is 0 Å². The second-order valence-electron chi connectivity index (χ2n) is 5.15. The van der Waals surface area contributed by atoms with Crippen LogP contribution in [0.5, 0.6) is 0 Å². The van der Waals surface area contributed by atoms with Gasteiger partial charge in [0, 0.05) is 25.3 Å². The molecule has 0 aromatic heterocycles. The van der Waals surface area contributed by atoms with Crippen LogP contribution >= 0.6 is 0 Å². The minimum Gasteiger partial charge on any atom is -0.374 e. The molecule has 0 aliphatic rings. The summed E-state index contributed by atoms with van der Waals surface area (Å²) < 4.78 is 0. The third-order valence-electron chi connectivity index (χ3n) is 3.35. The van der Waals surface area contributed by atoms with Gasteiger partial charge in [0.1, 0.15) is 0 Å². The summed E-state index contributed by atoms with van der Waals surface area (Å²) in [6, 6.07) is 9.03. The van der Waals surface area contributed by atoms with Crippen molar-refractivity contribution in [1.29, 1.82) is 0 Å². The first-order valence-electron chi connectivity index (χ1n) is 6.68. The summed E-state index contributed by atoms with van der Waals surface area (Å²) in [6.07, 6.45) is 1.19. The zero-order valence-electron chi connectivity index (χ0n) is 12.4. The van der Waals surface area contributed by atoms with E-state index in [0.717, 1.165) is 13.1 Å². The van der Waals surface area contributed by atoms with Crippen molar-refractivity contribution >= 4 is 5.69 Å². The van der Waals surface area contributed by atoms with Crippen molar-refractivity contribution in [2.75, 3.05) is 46.2 Å². The fraction of sp³-hybridized carbons (Fsp3) is 0.600. The van der Waals surface area contributed by atoms with E-state index < -0.39 is 0 Å². The van der Waals surface area contributed by atoms with E-state index in [4.69, 9.17) is 0 Å². The van der Waals surface area contributed by atoms with Crippen LogP contribution in [0.1, 0.15) is 24.9 Å². The fourth-order valence-corrected chi connectivity index (χ4v) is 2.10. The zero-order chi connectivity index (χ0) is 13.5. The van der Waals surface area contributed by atoms with Crippen molar-refractivity contribution in [3.63, 3.8) is 0 Å². The van der Waals surface area contributed by atoms with Gasteiger partial charge in [0.25, 0.3) is 0 Å². The number of benzene rings is 1. The average molecular weight is 249 g/mol. The molecule has 1 aromatic carbocycles. The minimum atomic E-state index is 0.387. The van der Waals surface area contributed by atoms with Gasteiger partial charge in [-0.25, -0.2) is 0 Å². The Labute approximate surface area is 112 Å². The molecule has 0 amide bonds. The molecule has 0 heterocycles. The van der Waals surface area contributed by atoms with Gasteiger partial charge in [-0.1, -0.05) is 18.2 Å². The van der Waals surface area contributed by atoms with Crippen molar-refractivity contribution < 1.29 is 0 Å². The first kappa shape index (κ1) is 15.0. The van der Waals surface area contributed by atoms with Crippen LogP contribution in [-0.2, 0) is 0 Å². The predicted molar refractivity (Wildman–Crippen MR) is 80.4 cm³/mol. The Morgan fingerprint density at radius 2 is 1.78 bits per heavy atom.